The van der Waals surface area contributed by atoms with Crippen LogP contribution in [0.2, 0.25) is 0 Å². The number of nitrogens with zero attached hydrogens (tertiary/aromatic N) is 3. The van der Waals surface area contributed by atoms with E-state index in [9.17, 15) is 9.59 Å². The maximum Gasteiger partial charge on any atom is 0.376 e. The van der Waals surface area contributed by atoms with Crippen molar-refractivity contribution in [1.82, 2.24) is 9.97 Å². The lowest BCUT2D eigenvalue weighted by Gasteiger charge is -2.25. The summed E-state index contributed by atoms with van der Waals surface area (Å²) < 4.78 is 4.51. The summed E-state index contributed by atoms with van der Waals surface area (Å²) in [5, 5.41) is 8.84. The van der Waals surface area contributed by atoms with Gasteiger partial charge in [0.2, 0.25) is 5.82 Å². The van der Waals surface area contributed by atoms with Crippen LogP contribution in [0.5, 0.6) is 0 Å². The molecule has 0 aliphatic heterocycles. The standard InChI is InChI=1S/C11H15N3O4/c1-7(2)14(6-9(15)16)8-4-5-12-10(13-8)11(17)18-3/h4-5,7H,6H2,1-3H3,(H,15,16). The zero-order chi connectivity index (χ0) is 13.7. The molecule has 7 heteroatoms. The molecule has 0 fully saturated rings. The average Bonchev–Trinajstić information content (AvgIpc) is 2.34. The summed E-state index contributed by atoms with van der Waals surface area (Å²) in [6.45, 7) is 3.47. The highest BCUT2D eigenvalue weighted by molar-refractivity contribution is 5.85. The molecule has 0 aliphatic rings. The minimum atomic E-state index is -0.970. The van der Waals surface area contributed by atoms with Crippen LogP contribution < -0.4 is 4.90 Å². The van der Waals surface area contributed by atoms with Crippen molar-refractivity contribution in [3.05, 3.63) is 18.1 Å². The molecule has 1 aromatic heterocycles. The van der Waals surface area contributed by atoms with Crippen molar-refractivity contribution in [1.29, 1.82) is 0 Å². The Bertz CT molecular complexity index is 448. The van der Waals surface area contributed by atoms with Gasteiger partial charge in [-0.15, -0.1) is 0 Å². The number of anilines is 1. The molecule has 0 aromatic carbocycles. The molecule has 1 aromatic rings. The average molecular weight is 253 g/mol. The van der Waals surface area contributed by atoms with Crippen LogP contribution in [0.1, 0.15) is 24.5 Å². The summed E-state index contributed by atoms with van der Waals surface area (Å²) in [5.41, 5.74) is 0. The van der Waals surface area contributed by atoms with Gasteiger partial charge in [0.05, 0.1) is 7.11 Å². The number of hydrogen-bond donors (Lipinski definition) is 1. The maximum atomic E-state index is 11.3. The van der Waals surface area contributed by atoms with Gasteiger partial charge < -0.3 is 14.7 Å². The number of aliphatic carboxylic acids is 1. The Hall–Kier alpha value is -2.18. The van der Waals surface area contributed by atoms with Crippen LogP contribution in [-0.2, 0) is 9.53 Å². The Morgan fingerprint density at radius 1 is 1.50 bits per heavy atom. The monoisotopic (exact) mass is 253 g/mol. The van der Waals surface area contributed by atoms with E-state index in [2.05, 4.69) is 14.7 Å². The first-order chi connectivity index (χ1) is 8.45. The van der Waals surface area contributed by atoms with Crippen molar-refractivity contribution in [3.8, 4) is 0 Å². The van der Waals surface area contributed by atoms with Gasteiger partial charge in [-0.1, -0.05) is 0 Å². The van der Waals surface area contributed by atoms with Gasteiger partial charge in [-0.25, -0.2) is 14.8 Å². The van der Waals surface area contributed by atoms with E-state index in [0.717, 1.165) is 0 Å². The van der Waals surface area contributed by atoms with Crippen molar-refractivity contribution in [2.75, 3.05) is 18.6 Å². The molecule has 0 saturated carbocycles. The Balaban J connectivity index is 3.05. The zero-order valence-electron chi connectivity index (χ0n) is 10.5. The molecule has 0 amide bonds. The first-order valence-electron chi connectivity index (χ1n) is 5.35. The van der Waals surface area contributed by atoms with Gasteiger partial charge in [-0.3, -0.25) is 4.79 Å². The lowest BCUT2D eigenvalue weighted by atomic mass is 10.3. The third kappa shape index (κ3) is 3.41. The number of esters is 1. The fourth-order valence-electron chi connectivity index (χ4n) is 1.37. The fraction of sp³-hybridized carbons (Fsp3) is 0.455. The molecule has 7 nitrogen and oxygen atoms in total. The van der Waals surface area contributed by atoms with Crippen LogP contribution in [0.25, 0.3) is 0 Å². The van der Waals surface area contributed by atoms with Gasteiger partial charge >= 0.3 is 11.9 Å². The zero-order valence-corrected chi connectivity index (χ0v) is 10.5. The van der Waals surface area contributed by atoms with Gasteiger partial charge in [0, 0.05) is 12.2 Å². The summed E-state index contributed by atoms with van der Waals surface area (Å²) >= 11 is 0. The van der Waals surface area contributed by atoms with Crippen LogP contribution in [0, 0.1) is 0 Å². The Morgan fingerprint density at radius 2 is 2.17 bits per heavy atom. The molecule has 0 atom stereocenters. The number of carboxylic acids is 1. The molecule has 18 heavy (non-hydrogen) atoms. The van der Waals surface area contributed by atoms with Gasteiger partial charge in [-0.2, -0.15) is 0 Å². The number of aromatic nitrogens is 2. The van der Waals surface area contributed by atoms with E-state index in [1.165, 1.54) is 13.3 Å². The summed E-state index contributed by atoms with van der Waals surface area (Å²) in [6, 6.07) is 1.48. The van der Waals surface area contributed by atoms with E-state index < -0.39 is 11.9 Å². The number of carbonyl (C=O) groups is 2. The molecule has 0 saturated heterocycles. The van der Waals surface area contributed by atoms with E-state index in [4.69, 9.17) is 5.11 Å². The van der Waals surface area contributed by atoms with Gasteiger partial charge in [0.1, 0.15) is 12.4 Å². The summed E-state index contributed by atoms with van der Waals surface area (Å²) in [7, 11) is 1.23. The Morgan fingerprint density at radius 3 is 2.67 bits per heavy atom. The lowest BCUT2D eigenvalue weighted by Crippen LogP contribution is -2.36. The maximum absolute atomic E-state index is 11.3. The molecule has 1 N–H and O–H groups in total. The van der Waals surface area contributed by atoms with Crippen molar-refractivity contribution >= 4 is 17.8 Å². The first-order valence-corrected chi connectivity index (χ1v) is 5.35. The Labute approximate surface area is 104 Å². The fourth-order valence-corrected chi connectivity index (χ4v) is 1.37. The highest BCUT2D eigenvalue weighted by Gasteiger charge is 2.18. The van der Waals surface area contributed by atoms with E-state index in [0.29, 0.717) is 5.82 Å². The van der Waals surface area contributed by atoms with Crippen LogP contribution >= 0.6 is 0 Å². The minimum Gasteiger partial charge on any atom is -0.480 e. The number of hydrogen-bond acceptors (Lipinski definition) is 6. The lowest BCUT2D eigenvalue weighted by molar-refractivity contribution is -0.135. The van der Waals surface area contributed by atoms with Crippen LogP contribution in [0.15, 0.2) is 12.3 Å². The number of ether oxygens (including phenoxy) is 1. The molecule has 0 bridgehead atoms. The predicted octanol–water partition coefficient (Wildman–Crippen LogP) is 0.563. The second kappa shape index (κ2) is 5.95. The summed E-state index contributed by atoms with van der Waals surface area (Å²) in [4.78, 5) is 31.4. The summed E-state index contributed by atoms with van der Waals surface area (Å²) in [5.74, 6) is -1.34. The van der Waals surface area contributed by atoms with Crippen LogP contribution in [0.3, 0.4) is 0 Å². The highest BCUT2D eigenvalue weighted by atomic mass is 16.5. The van der Waals surface area contributed by atoms with E-state index in [1.54, 1.807) is 11.0 Å². The van der Waals surface area contributed by atoms with Crippen molar-refractivity contribution in [2.45, 2.75) is 19.9 Å². The minimum absolute atomic E-state index is 0.0681. The second-order valence-electron chi connectivity index (χ2n) is 3.85. The summed E-state index contributed by atoms with van der Waals surface area (Å²) in [6.07, 6.45) is 1.39. The highest BCUT2D eigenvalue weighted by Crippen LogP contribution is 2.13. The van der Waals surface area contributed by atoms with E-state index >= 15 is 0 Å². The van der Waals surface area contributed by atoms with E-state index in [1.807, 2.05) is 13.8 Å². The number of methoxy groups -OCH3 is 1. The quantitative estimate of drug-likeness (QED) is 0.766. The third-order valence-corrected chi connectivity index (χ3v) is 2.23. The number of rotatable bonds is 5. The van der Waals surface area contributed by atoms with Crippen molar-refractivity contribution in [2.24, 2.45) is 0 Å². The molecule has 0 radical (unpaired) electrons. The smallest absolute Gasteiger partial charge is 0.376 e. The van der Waals surface area contributed by atoms with Crippen molar-refractivity contribution < 1.29 is 19.4 Å². The molecular formula is C11H15N3O4. The largest absolute Gasteiger partial charge is 0.480 e. The first kappa shape index (κ1) is 13.9. The van der Waals surface area contributed by atoms with Crippen LogP contribution in [0.4, 0.5) is 5.82 Å². The normalized spacial score (nSPS) is 10.2. The molecule has 98 valence electrons. The Kier molecular flexibility index (Phi) is 4.59. The number of carboxylic acid groups (broad SMARTS) is 1. The van der Waals surface area contributed by atoms with Crippen molar-refractivity contribution in [3.63, 3.8) is 0 Å². The SMILES string of the molecule is COC(=O)c1nccc(N(CC(=O)O)C(C)C)n1. The second-order valence-corrected chi connectivity index (χ2v) is 3.85. The third-order valence-electron chi connectivity index (χ3n) is 2.23. The molecule has 0 aliphatic carbocycles. The number of carbonyl (C=O) groups excluding carboxylic acids is 1. The molecule has 1 rings (SSSR count). The molecular weight excluding hydrogens is 238 g/mol. The predicted molar refractivity (Wildman–Crippen MR) is 63.5 cm³/mol. The van der Waals surface area contributed by atoms with Gasteiger partial charge in [0.15, 0.2) is 0 Å². The molecule has 0 spiro atoms. The van der Waals surface area contributed by atoms with E-state index in [-0.39, 0.29) is 18.4 Å². The molecule has 1 heterocycles. The van der Waals surface area contributed by atoms with Gasteiger partial charge in [-0.05, 0) is 19.9 Å². The molecule has 0 unspecified atom stereocenters. The van der Waals surface area contributed by atoms with Gasteiger partial charge in [0.25, 0.3) is 0 Å². The van der Waals surface area contributed by atoms with Crippen LogP contribution in [-0.4, -0.2) is 46.7 Å². The topological polar surface area (TPSA) is 92.6 Å².